The lowest BCUT2D eigenvalue weighted by Crippen LogP contribution is -2.61. The number of fused-ring (bicyclic) bond motifs is 1. The molecule has 81 heavy (non-hydrogen) atoms. The molecule has 2 aliphatic heterocycles. The van der Waals surface area contributed by atoms with Gasteiger partial charge in [0, 0.05) is 81.4 Å². The molecule has 2 aromatic carbocycles. The molecule has 1 aromatic heterocycles. The highest BCUT2D eigenvalue weighted by atomic mass is 127. The van der Waals surface area contributed by atoms with Crippen molar-refractivity contribution in [2.45, 2.75) is 120 Å². The maximum absolute atomic E-state index is 15.1. The summed E-state index contributed by atoms with van der Waals surface area (Å²) in [6, 6.07) is 3.64. The average molecular weight is 1280 g/mol. The number of hydrogen-bond acceptors (Lipinski definition) is 18. The highest BCUT2D eigenvalue weighted by Crippen LogP contribution is 2.27. The van der Waals surface area contributed by atoms with Gasteiger partial charge in [-0.3, -0.25) is 48.6 Å². The van der Waals surface area contributed by atoms with Crippen molar-refractivity contribution in [1.82, 2.24) is 67.6 Å². The zero-order valence-corrected chi connectivity index (χ0v) is 49.9. The van der Waals surface area contributed by atoms with E-state index < -0.39 is 108 Å². The highest BCUT2D eigenvalue weighted by molar-refractivity contribution is 14.1. The molecule has 0 radical (unpaired) electrons. The third-order valence-electron chi connectivity index (χ3n) is 13.4. The van der Waals surface area contributed by atoms with E-state index in [2.05, 4.69) is 57.8 Å². The summed E-state index contributed by atoms with van der Waals surface area (Å²) in [7, 11) is 6.07. The molecule has 2 fully saturated rings. The standard InChI is InChI=1S/C53H78IN13O12S2/c1-30(2)17-37-47(73)59-31(3)27-80-81-28-42(53(79)67-25-35(68)22-43(67)52(78)64-39(20-33-11-12-44(69)36(54)18-33)49(75)63-41(23-46(71)72)51(77)61-37)65-50(76)40(21-34-24-57-29-58-34)62-48(74)38(19-32-9-7-6-8-10-32)60-45(70)26-66(15-13-55-4)16-14-56-5/h6-12,18,24,29-31,35,37-43,48,55-56,62,68-69,74H,13-17,19-23,25-28H2,1-5H3,(H,57,58)(H,59,73)(H,60,70)(H,61,77)(H,63,75)(H,64,78)(H,65,76)(H,71,72)/t31-,35?,37+,38+,39+,40+,41+,42+,43?,48+/m1/s1. The van der Waals surface area contributed by atoms with Gasteiger partial charge >= 0.3 is 5.97 Å². The summed E-state index contributed by atoms with van der Waals surface area (Å²) in [5, 5.41) is 69.1. The van der Waals surface area contributed by atoms with Crippen LogP contribution >= 0.6 is 44.2 Å². The molecule has 5 rings (SSSR count). The molecule has 0 bridgehead atoms. The fraction of sp³-hybridized carbons (Fsp3) is 0.566. The Morgan fingerprint density at radius 3 is 2.16 bits per heavy atom. The van der Waals surface area contributed by atoms with Crippen molar-refractivity contribution < 1.29 is 58.8 Å². The molecule has 28 heteroatoms. The second-order valence-electron chi connectivity index (χ2n) is 20.6. The maximum atomic E-state index is 15.1. The van der Waals surface area contributed by atoms with Crippen molar-refractivity contribution in [3.63, 3.8) is 0 Å². The number of likely N-dealkylation sites (N-methyl/N-ethyl adjacent to an activating group) is 2. The van der Waals surface area contributed by atoms with Gasteiger partial charge in [-0.15, -0.1) is 0 Å². The quantitative estimate of drug-likeness (QED) is 0.0278. The van der Waals surface area contributed by atoms with E-state index in [0.29, 0.717) is 41.0 Å². The number of carboxylic acids is 1. The number of nitrogens with one attached hydrogen (secondary N) is 10. The lowest BCUT2D eigenvalue weighted by Gasteiger charge is -2.32. The van der Waals surface area contributed by atoms with Gasteiger partial charge in [-0.05, 0) is 85.6 Å². The van der Waals surface area contributed by atoms with Crippen LogP contribution in [0.2, 0.25) is 0 Å². The molecule has 25 nitrogen and oxygen atoms in total. The van der Waals surface area contributed by atoms with Gasteiger partial charge in [0.2, 0.25) is 41.4 Å². The van der Waals surface area contributed by atoms with Crippen LogP contribution in [0.4, 0.5) is 0 Å². The van der Waals surface area contributed by atoms with E-state index in [-0.39, 0.29) is 74.3 Å². The van der Waals surface area contributed by atoms with E-state index >= 15 is 4.79 Å². The van der Waals surface area contributed by atoms with E-state index in [1.807, 2.05) is 85.8 Å². The molecule has 2 unspecified atom stereocenters. The van der Waals surface area contributed by atoms with Gasteiger partial charge in [-0.2, -0.15) is 0 Å². The molecular weight excluding hydrogens is 1200 g/mol. The Bertz CT molecular complexity index is 2550. The number of phenols is 1. The number of H-pyrrole nitrogens is 1. The van der Waals surface area contributed by atoms with Gasteiger partial charge in [0.25, 0.3) is 0 Å². The first-order valence-corrected chi connectivity index (χ1v) is 30.4. The van der Waals surface area contributed by atoms with E-state index in [0.717, 1.165) is 10.5 Å². The Morgan fingerprint density at radius 2 is 1.52 bits per heavy atom. The molecule has 3 aromatic rings. The average Bonchev–Trinajstić information content (AvgIpc) is 4.13. The molecule has 14 N–H and O–H groups in total. The van der Waals surface area contributed by atoms with Crippen LogP contribution in [0.3, 0.4) is 0 Å². The number of carbonyl (C=O) groups excluding carboxylic acids is 7. The number of carboxylic acid groups (broad SMARTS) is 1. The van der Waals surface area contributed by atoms with Crippen molar-refractivity contribution in [2.24, 2.45) is 5.92 Å². The number of rotatable bonds is 24. The number of aliphatic carboxylic acids is 1. The van der Waals surface area contributed by atoms with Crippen molar-refractivity contribution in [3.05, 3.63) is 81.4 Å². The molecule has 2 aliphatic rings. The molecule has 446 valence electrons. The Labute approximate surface area is 493 Å². The lowest BCUT2D eigenvalue weighted by atomic mass is 10.0. The number of aromatic nitrogens is 2. The minimum absolute atomic E-state index is 0.0179. The van der Waals surface area contributed by atoms with Crippen molar-refractivity contribution in [3.8, 4) is 5.75 Å². The highest BCUT2D eigenvalue weighted by Gasteiger charge is 2.44. The molecule has 0 saturated carbocycles. The summed E-state index contributed by atoms with van der Waals surface area (Å²) >= 11 is 1.88. The number of benzene rings is 2. The number of imidazole rings is 1. The van der Waals surface area contributed by atoms with Crippen molar-refractivity contribution in [2.75, 3.05) is 64.9 Å². The Morgan fingerprint density at radius 1 is 0.864 bits per heavy atom. The summed E-state index contributed by atoms with van der Waals surface area (Å²) in [4.78, 5) is 123. The van der Waals surface area contributed by atoms with Gasteiger partial charge in [0.05, 0.1) is 41.1 Å². The van der Waals surface area contributed by atoms with Crippen LogP contribution in [-0.4, -0.2) is 213 Å². The Kier molecular flexibility index (Phi) is 27.4. The number of hydrogen-bond donors (Lipinski definition) is 14. The Balaban J connectivity index is 1.49. The molecule has 7 amide bonds. The maximum Gasteiger partial charge on any atom is 0.305 e. The largest absolute Gasteiger partial charge is 0.507 e. The lowest BCUT2D eigenvalue weighted by molar-refractivity contribution is -0.142. The summed E-state index contributed by atoms with van der Waals surface area (Å²) < 4.78 is 0.407. The second kappa shape index (κ2) is 33.5. The topological polar surface area (TPSA) is 361 Å². The van der Waals surface area contributed by atoms with Gasteiger partial charge in [0.1, 0.15) is 42.2 Å². The number of halogens is 1. The van der Waals surface area contributed by atoms with E-state index in [1.165, 1.54) is 46.2 Å². The van der Waals surface area contributed by atoms with Gasteiger partial charge < -0.3 is 72.8 Å². The molecule has 2 saturated heterocycles. The number of aliphatic hydroxyl groups is 2. The molecule has 0 aliphatic carbocycles. The van der Waals surface area contributed by atoms with Crippen LogP contribution in [0.1, 0.15) is 56.9 Å². The van der Waals surface area contributed by atoms with Crippen LogP contribution in [0.25, 0.3) is 0 Å². The van der Waals surface area contributed by atoms with Crippen LogP contribution in [0.5, 0.6) is 5.75 Å². The number of amides is 7. The summed E-state index contributed by atoms with van der Waals surface area (Å²) in [5.74, 6) is -6.79. The van der Waals surface area contributed by atoms with Crippen LogP contribution in [0, 0.1) is 9.49 Å². The Hall–Kier alpha value is -5.60. The summed E-state index contributed by atoms with van der Waals surface area (Å²) in [6.45, 7) is 7.45. The number of carbonyl (C=O) groups is 8. The minimum atomic E-state index is -1.72. The second-order valence-corrected chi connectivity index (χ2v) is 24.3. The fourth-order valence-corrected chi connectivity index (χ4v) is 12.2. The minimum Gasteiger partial charge on any atom is -0.507 e. The first-order chi connectivity index (χ1) is 38.6. The zero-order valence-electron chi connectivity index (χ0n) is 46.1. The van der Waals surface area contributed by atoms with Crippen LogP contribution in [0.15, 0.2) is 61.1 Å². The zero-order chi connectivity index (χ0) is 59.2. The number of aromatic amines is 1. The third-order valence-corrected chi connectivity index (χ3v) is 16.8. The number of phenolic OH excluding ortho intramolecular Hbond substituents is 1. The summed E-state index contributed by atoms with van der Waals surface area (Å²) in [6.07, 6.45) is -1.06. The van der Waals surface area contributed by atoms with E-state index in [9.17, 15) is 54.0 Å². The van der Waals surface area contributed by atoms with E-state index in [4.69, 9.17) is 0 Å². The van der Waals surface area contributed by atoms with Crippen molar-refractivity contribution in [1.29, 1.82) is 0 Å². The number of nitrogens with zero attached hydrogens (tertiary/aromatic N) is 3. The molecular formula is C53H78IN13O12S2. The molecule has 3 heterocycles. The predicted octanol–water partition coefficient (Wildman–Crippen LogP) is -1.43. The smallest absolute Gasteiger partial charge is 0.305 e. The fourth-order valence-electron chi connectivity index (χ4n) is 9.17. The summed E-state index contributed by atoms with van der Waals surface area (Å²) in [5.41, 5.74) is 1.71. The van der Waals surface area contributed by atoms with Crippen molar-refractivity contribution >= 4 is 91.5 Å². The van der Waals surface area contributed by atoms with Crippen LogP contribution in [-0.2, 0) is 57.6 Å². The third kappa shape index (κ3) is 21.9. The first kappa shape index (κ1) is 66.2. The van der Waals surface area contributed by atoms with Gasteiger partial charge in [-0.1, -0.05) is 71.8 Å². The van der Waals surface area contributed by atoms with Crippen LogP contribution < -0.4 is 47.9 Å². The number of aromatic hydroxyl groups is 1. The normalized spacial score (nSPS) is 22.9. The molecule has 0 spiro atoms. The number of aliphatic hydroxyl groups excluding tert-OH is 2. The molecule has 10 atom stereocenters. The van der Waals surface area contributed by atoms with Gasteiger partial charge in [-0.25, -0.2) is 4.98 Å². The predicted molar refractivity (Wildman–Crippen MR) is 314 cm³/mol. The first-order valence-electron chi connectivity index (χ1n) is 26.8. The van der Waals surface area contributed by atoms with Gasteiger partial charge in [0.15, 0.2) is 0 Å². The monoisotopic (exact) mass is 1280 g/mol. The SMILES string of the molecule is CNCCN(CCNC)CC(=O)N[C@@H](Cc1ccccc1)[C@H](O)N[C@@H](Cc1cnc[nH]1)C(=O)N[C@H]1CSSC[C@@H](C)NC(=O)[C@H](CC(C)C)NC(=O)[C@H](CC(=O)O)NC(=O)[C@H](Cc2ccc(O)c(I)c2)NC(=O)C2CC(O)CN2C1=O. The van der Waals surface area contributed by atoms with E-state index in [1.54, 1.807) is 13.0 Å².